The number of benzene rings is 2. The van der Waals surface area contributed by atoms with Crippen molar-refractivity contribution in [1.29, 1.82) is 0 Å². The second-order valence-corrected chi connectivity index (χ2v) is 6.39. The van der Waals surface area contributed by atoms with Crippen LogP contribution in [0, 0.1) is 0 Å². The van der Waals surface area contributed by atoms with Crippen molar-refractivity contribution >= 4 is 46.2 Å². The van der Waals surface area contributed by atoms with E-state index in [9.17, 15) is 9.59 Å². The maximum Gasteiger partial charge on any atom is 0.224 e. The van der Waals surface area contributed by atoms with Crippen LogP contribution in [0.25, 0.3) is 0 Å². The van der Waals surface area contributed by atoms with Gasteiger partial charge in [0.15, 0.2) is 0 Å². The molecule has 0 aromatic heterocycles. The molecular formula is C16H16N2O4S2. The highest BCUT2D eigenvalue weighted by Gasteiger charge is 2.12. The lowest BCUT2D eigenvalue weighted by Gasteiger charge is -2.20. The highest BCUT2D eigenvalue weighted by Crippen LogP contribution is 2.36. The highest BCUT2D eigenvalue weighted by atomic mass is 33.1. The zero-order valence-corrected chi connectivity index (χ0v) is 14.8. The Kier molecular flexibility index (Phi) is 6.83. The third-order valence-corrected chi connectivity index (χ3v) is 5.18. The first-order chi connectivity index (χ1) is 11.7. The smallest absolute Gasteiger partial charge is 0.224 e. The molecule has 2 aromatic rings. The van der Waals surface area contributed by atoms with Gasteiger partial charge in [0.25, 0.3) is 0 Å². The molecule has 0 aliphatic carbocycles. The maximum absolute atomic E-state index is 11.3. The Labute approximate surface area is 148 Å². The fourth-order valence-electron chi connectivity index (χ4n) is 1.77. The Morgan fingerprint density at radius 1 is 0.708 bits per heavy atom. The third-order valence-electron chi connectivity index (χ3n) is 3.04. The lowest BCUT2D eigenvalue weighted by Crippen LogP contribution is -2.15. The number of nitrogens with zero attached hydrogens (tertiary/aromatic N) is 2. The van der Waals surface area contributed by atoms with Crippen LogP contribution in [0.5, 0.6) is 11.5 Å². The molecule has 8 heteroatoms. The summed E-state index contributed by atoms with van der Waals surface area (Å²) in [6.07, 6.45) is 1.38. The van der Waals surface area contributed by atoms with Gasteiger partial charge in [0.2, 0.25) is 12.8 Å². The molecule has 0 saturated heterocycles. The number of methoxy groups -OCH3 is 2. The zero-order chi connectivity index (χ0) is 17.4. The summed E-state index contributed by atoms with van der Waals surface area (Å²) in [5.41, 5.74) is 1.37. The molecule has 0 aliphatic heterocycles. The van der Waals surface area contributed by atoms with Gasteiger partial charge in [-0.2, -0.15) is 0 Å². The monoisotopic (exact) mass is 364 g/mol. The summed E-state index contributed by atoms with van der Waals surface area (Å²) in [4.78, 5) is 22.6. The van der Waals surface area contributed by atoms with E-state index >= 15 is 0 Å². The van der Waals surface area contributed by atoms with Gasteiger partial charge < -0.3 is 9.47 Å². The predicted octanol–water partition coefficient (Wildman–Crippen LogP) is 3.54. The van der Waals surface area contributed by atoms with E-state index in [2.05, 4.69) is 0 Å². The number of hydrogen-bond acceptors (Lipinski definition) is 6. The van der Waals surface area contributed by atoms with Crippen LogP contribution in [0.15, 0.2) is 48.5 Å². The van der Waals surface area contributed by atoms with Crippen LogP contribution >= 0.6 is 22.0 Å². The number of rotatable bonds is 9. The van der Waals surface area contributed by atoms with E-state index in [1.807, 2.05) is 0 Å². The molecule has 0 unspecified atom stereocenters. The molecule has 0 aliphatic rings. The topological polar surface area (TPSA) is 59.1 Å². The molecule has 2 amide bonds. The second kappa shape index (κ2) is 9.09. The van der Waals surface area contributed by atoms with Crippen molar-refractivity contribution in [2.24, 2.45) is 0 Å². The van der Waals surface area contributed by atoms with Crippen LogP contribution < -0.4 is 18.1 Å². The normalized spacial score (nSPS) is 9.92. The summed E-state index contributed by atoms with van der Waals surface area (Å²) in [6, 6.07) is 14.1. The molecule has 0 bridgehead atoms. The standard InChI is InChI=1S/C16H16N2O4S2/c1-21-15-7-3-13(4-8-15)17(11-19)23-24-18(12-20)14-5-9-16(22-2)10-6-14/h3-12H,1-2H3. The van der Waals surface area contributed by atoms with Crippen LogP contribution in [-0.4, -0.2) is 27.0 Å². The average Bonchev–Trinajstić information content (AvgIpc) is 2.66. The fraction of sp³-hybridized carbons (Fsp3) is 0.125. The molecule has 6 nitrogen and oxygen atoms in total. The van der Waals surface area contributed by atoms with Crippen LogP contribution in [0.3, 0.4) is 0 Å². The average molecular weight is 364 g/mol. The number of anilines is 2. The molecule has 0 heterocycles. The Balaban J connectivity index is 2.03. The number of ether oxygens (including phenoxy) is 2. The minimum Gasteiger partial charge on any atom is -0.497 e. The molecule has 0 saturated carbocycles. The zero-order valence-electron chi connectivity index (χ0n) is 13.1. The summed E-state index contributed by atoms with van der Waals surface area (Å²) >= 11 is 0. The number of amides is 2. The van der Waals surface area contributed by atoms with E-state index in [1.54, 1.807) is 62.8 Å². The molecule has 0 spiro atoms. The van der Waals surface area contributed by atoms with Gasteiger partial charge >= 0.3 is 0 Å². The minimum absolute atomic E-state index is 0.684. The van der Waals surface area contributed by atoms with Crippen molar-refractivity contribution in [2.75, 3.05) is 22.8 Å². The SMILES string of the molecule is COc1ccc(N(C=O)SSN(C=O)c2ccc(OC)cc2)cc1. The van der Waals surface area contributed by atoms with Crippen molar-refractivity contribution in [3.05, 3.63) is 48.5 Å². The van der Waals surface area contributed by atoms with Crippen LogP contribution in [0.2, 0.25) is 0 Å². The number of carbonyl (C=O) groups is 2. The lowest BCUT2D eigenvalue weighted by molar-refractivity contribution is -0.107. The Hall–Kier alpha value is -2.32. The fourth-order valence-corrected chi connectivity index (χ4v) is 3.56. The molecule has 0 N–H and O–H groups in total. The minimum atomic E-state index is 0.684. The largest absolute Gasteiger partial charge is 0.497 e. The van der Waals surface area contributed by atoms with Crippen molar-refractivity contribution in [3.8, 4) is 11.5 Å². The first kappa shape index (κ1) is 18.0. The van der Waals surface area contributed by atoms with Crippen molar-refractivity contribution in [2.45, 2.75) is 0 Å². The van der Waals surface area contributed by atoms with Crippen molar-refractivity contribution < 1.29 is 19.1 Å². The van der Waals surface area contributed by atoms with Gasteiger partial charge in [-0.1, -0.05) is 0 Å². The van der Waals surface area contributed by atoms with Crippen LogP contribution in [0.4, 0.5) is 11.4 Å². The molecule has 0 atom stereocenters. The van der Waals surface area contributed by atoms with Gasteiger partial charge in [-0.15, -0.1) is 0 Å². The molecule has 0 fully saturated rings. The maximum atomic E-state index is 11.3. The van der Waals surface area contributed by atoms with Crippen molar-refractivity contribution in [3.63, 3.8) is 0 Å². The summed E-state index contributed by atoms with van der Waals surface area (Å²) in [6.45, 7) is 0. The molecule has 2 rings (SSSR count). The Morgan fingerprint density at radius 3 is 1.29 bits per heavy atom. The van der Waals surface area contributed by atoms with E-state index in [1.165, 1.54) is 8.61 Å². The van der Waals surface area contributed by atoms with Crippen molar-refractivity contribution in [1.82, 2.24) is 0 Å². The molecule has 2 aromatic carbocycles. The van der Waals surface area contributed by atoms with E-state index in [-0.39, 0.29) is 0 Å². The summed E-state index contributed by atoms with van der Waals surface area (Å²) in [5, 5.41) is 0. The van der Waals surface area contributed by atoms with Crippen LogP contribution in [-0.2, 0) is 9.59 Å². The molecule has 24 heavy (non-hydrogen) atoms. The van der Waals surface area contributed by atoms with E-state index < -0.39 is 0 Å². The highest BCUT2D eigenvalue weighted by molar-refractivity contribution is 8.77. The predicted molar refractivity (Wildman–Crippen MR) is 98.3 cm³/mol. The first-order valence-corrected chi connectivity index (χ1v) is 8.90. The quantitative estimate of drug-likeness (QED) is 0.385. The first-order valence-electron chi connectivity index (χ1n) is 6.83. The van der Waals surface area contributed by atoms with E-state index in [4.69, 9.17) is 9.47 Å². The molecule has 0 radical (unpaired) electrons. The lowest BCUT2D eigenvalue weighted by atomic mass is 10.3. The third kappa shape index (κ3) is 4.59. The Morgan fingerprint density at radius 2 is 1.04 bits per heavy atom. The molecule has 126 valence electrons. The molecular weight excluding hydrogens is 348 g/mol. The Bertz CT molecular complexity index is 605. The van der Waals surface area contributed by atoms with Gasteiger partial charge in [-0.25, -0.2) is 8.61 Å². The van der Waals surface area contributed by atoms with Gasteiger partial charge in [-0.3, -0.25) is 9.59 Å². The van der Waals surface area contributed by atoms with Gasteiger partial charge in [0.05, 0.1) is 47.6 Å². The van der Waals surface area contributed by atoms with Gasteiger partial charge in [0, 0.05) is 0 Å². The van der Waals surface area contributed by atoms with E-state index in [0.717, 1.165) is 22.0 Å². The summed E-state index contributed by atoms with van der Waals surface area (Å²) in [5.74, 6) is 1.41. The van der Waals surface area contributed by atoms with Gasteiger partial charge in [-0.05, 0) is 48.5 Å². The second-order valence-electron chi connectivity index (χ2n) is 4.41. The summed E-state index contributed by atoms with van der Waals surface area (Å²) in [7, 11) is 5.41. The van der Waals surface area contributed by atoms with E-state index in [0.29, 0.717) is 35.7 Å². The number of hydrogen-bond donors (Lipinski definition) is 0. The summed E-state index contributed by atoms with van der Waals surface area (Å²) < 4.78 is 13.0. The van der Waals surface area contributed by atoms with Crippen LogP contribution in [0.1, 0.15) is 0 Å². The van der Waals surface area contributed by atoms with Gasteiger partial charge in [0.1, 0.15) is 11.5 Å². The number of carbonyl (C=O) groups excluding carboxylic acids is 2.